The first-order chi connectivity index (χ1) is 11.5. The average molecular weight is 331 g/mol. The highest BCUT2D eigenvalue weighted by Gasteiger charge is 2.16. The average Bonchev–Trinajstić information content (AvgIpc) is 2.55. The van der Waals surface area contributed by atoms with E-state index in [-0.39, 0.29) is 30.8 Å². The van der Waals surface area contributed by atoms with Crippen molar-refractivity contribution in [2.75, 3.05) is 6.54 Å². The fourth-order valence-corrected chi connectivity index (χ4v) is 2.21. The molecule has 0 spiro atoms. The minimum atomic E-state index is -0.945. The third kappa shape index (κ3) is 4.75. The number of nitro benzene ring substituents is 1. The van der Waals surface area contributed by atoms with Crippen molar-refractivity contribution in [2.45, 2.75) is 19.1 Å². The summed E-state index contributed by atoms with van der Waals surface area (Å²) in [6, 6.07) is 10.6. The largest absolute Gasteiger partial charge is 0.389 e. The van der Waals surface area contributed by atoms with Crippen LogP contribution in [0.3, 0.4) is 0 Å². The molecular weight excluding hydrogens is 314 g/mol. The number of aliphatic hydroxyl groups excluding tert-OH is 1. The molecule has 2 rings (SSSR count). The Hall–Kier alpha value is -3.00. The number of hydrogen-bond acceptors (Lipinski definition) is 5. The Balaban J connectivity index is 1.88. The summed E-state index contributed by atoms with van der Waals surface area (Å²) in [6.07, 6.45) is 0.440. The molecule has 1 atom stereocenters. The molecule has 0 saturated carbocycles. The molecule has 0 saturated heterocycles. The van der Waals surface area contributed by atoms with Gasteiger partial charge in [-0.05, 0) is 6.07 Å². The third-order valence-electron chi connectivity index (χ3n) is 3.38. The molecule has 1 unspecified atom stereocenters. The lowest BCUT2D eigenvalue weighted by Crippen LogP contribution is -2.37. The quantitative estimate of drug-likeness (QED) is 0.565. The lowest BCUT2D eigenvalue weighted by atomic mass is 10.1. The maximum Gasteiger partial charge on any atom is 0.273 e. The second-order valence-electron chi connectivity index (χ2n) is 5.21. The van der Waals surface area contributed by atoms with E-state index in [1.54, 1.807) is 24.4 Å². The van der Waals surface area contributed by atoms with Crippen LogP contribution in [0.4, 0.5) is 5.69 Å². The van der Waals surface area contributed by atoms with Gasteiger partial charge in [-0.3, -0.25) is 19.7 Å². The molecule has 1 amide bonds. The molecule has 0 bridgehead atoms. The number of carbonyl (C=O) groups is 1. The highest BCUT2D eigenvalue weighted by molar-refractivity contribution is 5.79. The zero-order valence-electron chi connectivity index (χ0n) is 12.8. The van der Waals surface area contributed by atoms with E-state index in [4.69, 9.17) is 0 Å². The van der Waals surface area contributed by atoms with Crippen LogP contribution in [0.15, 0.2) is 53.5 Å². The van der Waals surface area contributed by atoms with Crippen LogP contribution >= 0.6 is 0 Å². The molecule has 0 aliphatic carbocycles. The van der Waals surface area contributed by atoms with Crippen molar-refractivity contribution in [1.29, 1.82) is 0 Å². The van der Waals surface area contributed by atoms with E-state index >= 15 is 0 Å². The van der Waals surface area contributed by atoms with E-state index in [9.17, 15) is 24.8 Å². The Bertz CT molecular complexity index is 787. The summed E-state index contributed by atoms with van der Waals surface area (Å²) in [5.74, 6) is -0.441. The Morgan fingerprint density at radius 3 is 2.67 bits per heavy atom. The number of nitrogens with zero attached hydrogens (tertiary/aromatic N) is 2. The van der Waals surface area contributed by atoms with Crippen molar-refractivity contribution in [1.82, 2.24) is 9.88 Å². The Morgan fingerprint density at radius 2 is 1.96 bits per heavy atom. The highest BCUT2D eigenvalue weighted by atomic mass is 16.6. The summed E-state index contributed by atoms with van der Waals surface area (Å²) in [5, 5.41) is 23.3. The van der Waals surface area contributed by atoms with Crippen molar-refractivity contribution >= 4 is 11.6 Å². The van der Waals surface area contributed by atoms with Crippen LogP contribution in [0.2, 0.25) is 0 Å². The summed E-state index contributed by atoms with van der Waals surface area (Å²) in [6.45, 7) is -0.00770. The van der Waals surface area contributed by atoms with Crippen molar-refractivity contribution < 1.29 is 14.8 Å². The van der Waals surface area contributed by atoms with Crippen LogP contribution in [0.5, 0.6) is 0 Å². The number of pyridine rings is 1. The van der Waals surface area contributed by atoms with Gasteiger partial charge in [-0.1, -0.05) is 24.3 Å². The van der Waals surface area contributed by atoms with E-state index in [1.807, 2.05) is 0 Å². The van der Waals surface area contributed by atoms with Gasteiger partial charge in [-0.25, -0.2) is 0 Å². The van der Waals surface area contributed by atoms with Crippen LogP contribution in [0.25, 0.3) is 0 Å². The van der Waals surface area contributed by atoms with Gasteiger partial charge in [0.2, 0.25) is 5.91 Å². The number of aliphatic hydroxyl groups is 1. The van der Waals surface area contributed by atoms with E-state index in [2.05, 4.69) is 5.32 Å². The molecule has 0 aliphatic heterocycles. The van der Waals surface area contributed by atoms with Crippen LogP contribution in [-0.4, -0.2) is 33.2 Å². The third-order valence-corrected chi connectivity index (χ3v) is 3.38. The molecule has 8 nitrogen and oxygen atoms in total. The number of para-hydroxylation sites is 1. The lowest BCUT2D eigenvalue weighted by molar-refractivity contribution is -0.385. The summed E-state index contributed by atoms with van der Waals surface area (Å²) in [7, 11) is 0. The Kier molecular flexibility index (Phi) is 5.80. The molecule has 1 heterocycles. The van der Waals surface area contributed by atoms with E-state index < -0.39 is 16.9 Å². The van der Waals surface area contributed by atoms with Crippen LogP contribution in [0.1, 0.15) is 5.56 Å². The summed E-state index contributed by atoms with van der Waals surface area (Å²) in [5.41, 5.74) is -0.0689. The minimum Gasteiger partial charge on any atom is -0.389 e. The molecule has 0 fully saturated rings. The topological polar surface area (TPSA) is 114 Å². The number of carbonyl (C=O) groups excluding carboxylic acids is 1. The van der Waals surface area contributed by atoms with E-state index in [0.29, 0.717) is 5.56 Å². The SMILES string of the molecule is O=C(Cc1ccccc1[N+](=O)[O-])NCC(O)Cn1ccccc1=O. The number of benzene rings is 1. The van der Waals surface area contributed by atoms with Crippen LogP contribution in [0, 0.1) is 10.1 Å². The number of nitro groups is 1. The van der Waals surface area contributed by atoms with Gasteiger partial charge in [-0.15, -0.1) is 0 Å². The smallest absolute Gasteiger partial charge is 0.273 e. The van der Waals surface area contributed by atoms with Gasteiger partial charge in [0.25, 0.3) is 11.2 Å². The second-order valence-corrected chi connectivity index (χ2v) is 5.21. The van der Waals surface area contributed by atoms with Gasteiger partial charge in [0, 0.05) is 30.4 Å². The maximum absolute atomic E-state index is 11.9. The van der Waals surface area contributed by atoms with Gasteiger partial charge in [0.15, 0.2) is 0 Å². The predicted octanol–water partition coefficient (Wildman–Crippen LogP) is 0.476. The number of hydrogen-bond donors (Lipinski definition) is 2. The molecule has 24 heavy (non-hydrogen) atoms. The fourth-order valence-electron chi connectivity index (χ4n) is 2.21. The van der Waals surface area contributed by atoms with Crippen molar-refractivity contribution in [3.05, 3.63) is 74.7 Å². The van der Waals surface area contributed by atoms with Gasteiger partial charge < -0.3 is 15.0 Å². The number of nitrogens with one attached hydrogen (secondary N) is 1. The normalized spacial score (nSPS) is 11.7. The first-order valence-electron chi connectivity index (χ1n) is 7.30. The van der Waals surface area contributed by atoms with Crippen molar-refractivity contribution in [3.63, 3.8) is 0 Å². The Labute approximate surface area is 137 Å². The van der Waals surface area contributed by atoms with Crippen molar-refractivity contribution in [2.24, 2.45) is 0 Å². The number of aromatic nitrogens is 1. The summed E-state index contributed by atoms with van der Waals surface area (Å²) in [4.78, 5) is 33.8. The molecule has 1 aromatic heterocycles. The van der Waals surface area contributed by atoms with Gasteiger partial charge in [0.1, 0.15) is 0 Å². The second kappa shape index (κ2) is 8.02. The zero-order valence-corrected chi connectivity index (χ0v) is 12.8. The molecule has 0 radical (unpaired) electrons. The Morgan fingerprint density at radius 1 is 1.25 bits per heavy atom. The molecule has 8 heteroatoms. The molecule has 1 aromatic carbocycles. The zero-order chi connectivity index (χ0) is 17.5. The standard InChI is InChI=1S/C16H17N3O5/c20-13(11-18-8-4-3-7-16(18)22)10-17-15(21)9-12-5-1-2-6-14(12)19(23)24/h1-8,13,20H,9-11H2,(H,17,21). The van der Waals surface area contributed by atoms with Crippen LogP contribution in [-0.2, 0) is 17.8 Å². The highest BCUT2D eigenvalue weighted by Crippen LogP contribution is 2.17. The number of amides is 1. The van der Waals surface area contributed by atoms with Gasteiger partial charge >= 0.3 is 0 Å². The monoisotopic (exact) mass is 331 g/mol. The molecule has 2 aromatic rings. The summed E-state index contributed by atoms with van der Waals surface area (Å²) < 4.78 is 1.33. The van der Waals surface area contributed by atoms with Crippen molar-refractivity contribution in [3.8, 4) is 0 Å². The number of rotatable bonds is 7. The van der Waals surface area contributed by atoms with E-state index in [0.717, 1.165) is 0 Å². The lowest BCUT2D eigenvalue weighted by Gasteiger charge is -2.13. The first-order valence-corrected chi connectivity index (χ1v) is 7.30. The molecule has 0 aliphatic rings. The predicted molar refractivity (Wildman–Crippen MR) is 86.5 cm³/mol. The van der Waals surface area contributed by atoms with Crippen LogP contribution < -0.4 is 10.9 Å². The van der Waals surface area contributed by atoms with Gasteiger partial charge in [0.05, 0.1) is 24.0 Å². The molecule has 2 N–H and O–H groups in total. The first kappa shape index (κ1) is 17.4. The molecular formula is C16H17N3O5. The summed E-state index contributed by atoms with van der Waals surface area (Å²) >= 11 is 0. The molecule has 126 valence electrons. The van der Waals surface area contributed by atoms with Gasteiger partial charge in [-0.2, -0.15) is 0 Å². The van der Waals surface area contributed by atoms with E-state index in [1.165, 1.54) is 28.8 Å². The fraction of sp³-hybridized carbons (Fsp3) is 0.250. The maximum atomic E-state index is 11.9. The minimum absolute atomic E-state index is 0.0471.